The largest absolute Gasteiger partial charge is 0.397 e. The van der Waals surface area contributed by atoms with Crippen molar-refractivity contribution in [3.05, 3.63) is 18.3 Å². The van der Waals surface area contributed by atoms with E-state index in [0.717, 1.165) is 28.8 Å². The van der Waals surface area contributed by atoms with Crippen molar-refractivity contribution in [1.29, 1.82) is 0 Å². The molecule has 2 aromatic rings. The molecule has 0 radical (unpaired) electrons. The van der Waals surface area contributed by atoms with Crippen LogP contribution in [0.25, 0.3) is 10.9 Å². The first-order chi connectivity index (χ1) is 6.72. The van der Waals surface area contributed by atoms with Crippen molar-refractivity contribution >= 4 is 22.3 Å². The van der Waals surface area contributed by atoms with Gasteiger partial charge < -0.3 is 10.6 Å². The van der Waals surface area contributed by atoms with Crippen LogP contribution >= 0.6 is 0 Å². The number of hydrogen-bond acceptors (Lipinski definition) is 3. The van der Waals surface area contributed by atoms with Gasteiger partial charge in [-0.15, -0.1) is 0 Å². The number of aromatic amines is 1. The first-order valence-electron chi connectivity index (χ1n) is 4.66. The second kappa shape index (κ2) is 3.21. The lowest BCUT2D eigenvalue weighted by Crippen LogP contribution is -2.17. The molecule has 0 amide bonds. The summed E-state index contributed by atoms with van der Waals surface area (Å²) >= 11 is 0. The molecule has 74 valence electrons. The third-order valence-electron chi connectivity index (χ3n) is 2.47. The topological polar surface area (TPSA) is 57.9 Å². The van der Waals surface area contributed by atoms with Crippen LogP contribution in [0.2, 0.25) is 0 Å². The predicted molar refractivity (Wildman–Crippen MR) is 59.5 cm³/mol. The van der Waals surface area contributed by atoms with Gasteiger partial charge in [-0.3, -0.25) is 5.10 Å². The Labute approximate surface area is 82.7 Å². The van der Waals surface area contributed by atoms with Gasteiger partial charge in [0.25, 0.3) is 0 Å². The zero-order valence-electron chi connectivity index (χ0n) is 8.41. The van der Waals surface area contributed by atoms with Crippen LogP contribution in [0, 0.1) is 0 Å². The summed E-state index contributed by atoms with van der Waals surface area (Å²) in [6, 6.07) is 3.97. The average Bonchev–Trinajstić information content (AvgIpc) is 2.62. The zero-order chi connectivity index (χ0) is 10.1. The molecule has 4 heteroatoms. The van der Waals surface area contributed by atoms with Crippen molar-refractivity contribution < 1.29 is 0 Å². The molecule has 14 heavy (non-hydrogen) atoms. The molecule has 0 saturated carbocycles. The highest BCUT2D eigenvalue weighted by Gasteiger charge is 2.06. The van der Waals surface area contributed by atoms with Gasteiger partial charge in [0.05, 0.1) is 23.1 Å². The van der Waals surface area contributed by atoms with Gasteiger partial charge in [-0.05, 0) is 19.1 Å². The number of nitrogen functional groups attached to an aromatic ring is 1. The van der Waals surface area contributed by atoms with Crippen molar-refractivity contribution in [3.8, 4) is 0 Å². The van der Waals surface area contributed by atoms with Crippen LogP contribution in [0.4, 0.5) is 11.4 Å². The number of nitrogens with zero attached hydrogens (tertiary/aromatic N) is 2. The van der Waals surface area contributed by atoms with Gasteiger partial charge in [0, 0.05) is 19.0 Å². The van der Waals surface area contributed by atoms with E-state index in [1.807, 2.05) is 19.2 Å². The minimum absolute atomic E-state index is 0.795. The number of aromatic nitrogens is 2. The van der Waals surface area contributed by atoms with Crippen LogP contribution < -0.4 is 10.6 Å². The molecule has 0 bridgehead atoms. The Hall–Kier alpha value is -1.71. The Morgan fingerprint density at radius 1 is 1.50 bits per heavy atom. The van der Waals surface area contributed by atoms with Crippen molar-refractivity contribution in [1.82, 2.24) is 10.2 Å². The summed E-state index contributed by atoms with van der Waals surface area (Å²) in [6.07, 6.45) is 1.78. The zero-order valence-corrected chi connectivity index (χ0v) is 8.41. The molecular weight excluding hydrogens is 176 g/mol. The minimum atomic E-state index is 0.795. The Balaban J connectivity index is 2.58. The molecule has 0 saturated heterocycles. The van der Waals surface area contributed by atoms with E-state index in [1.54, 1.807) is 6.20 Å². The quantitative estimate of drug-likeness (QED) is 0.707. The fourth-order valence-electron chi connectivity index (χ4n) is 1.50. The van der Waals surface area contributed by atoms with Crippen LogP contribution in [-0.2, 0) is 0 Å². The maximum Gasteiger partial charge on any atom is 0.0672 e. The number of fused-ring (bicyclic) bond motifs is 1. The molecule has 0 aliphatic carbocycles. The Kier molecular flexibility index (Phi) is 2.04. The summed E-state index contributed by atoms with van der Waals surface area (Å²) < 4.78 is 0. The van der Waals surface area contributed by atoms with Gasteiger partial charge in [0.15, 0.2) is 0 Å². The van der Waals surface area contributed by atoms with E-state index in [9.17, 15) is 0 Å². The lowest BCUT2D eigenvalue weighted by atomic mass is 10.2. The number of hydrogen-bond donors (Lipinski definition) is 2. The monoisotopic (exact) mass is 190 g/mol. The fourth-order valence-corrected chi connectivity index (χ4v) is 1.50. The predicted octanol–water partition coefficient (Wildman–Crippen LogP) is 1.60. The molecule has 0 fully saturated rings. The summed E-state index contributed by atoms with van der Waals surface area (Å²) in [7, 11) is 2.02. The number of H-pyrrole nitrogens is 1. The lowest BCUT2D eigenvalue weighted by molar-refractivity contribution is 0.970. The van der Waals surface area contributed by atoms with Crippen molar-refractivity contribution in [2.24, 2.45) is 0 Å². The second-order valence-corrected chi connectivity index (χ2v) is 3.38. The minimum Gasteiger partial charge on any atom is -0.397 e. The highest BCUT2D eigenvalue weighted by molar-refractivity contribution is 5.88. The molecule has 0 spiro atoms. The summed E-state index contributed by atoms with van der Waals surface area (Å²) in [5.41, 5.74) is 8.80. The highest BCUT2D eigenvalue weighted by atomic mass is 15.1. The van der Waals surface area contributed by atoms with Gasteiger partial charge in [0.2, 0.25) is 0 Å². The van der Waals surface area contributed by atoms with Crippen molar-refractivity contribution in [3.63, 3.8) is 0 Å². The standard InChI is InChI=1S/C10H14N4/c1-3-14(2)10-5-9-7(4-8(10)11)6-12-13-9/h4-6H,3,11H2,1-2H3,(H,12,13). The Morgan fingerprint density at radius 3 is 3.00 bits per heavy atom. The molecule has 1 aromatic heterocycles. The highest BCUT2D eigenvalue weighted by Crippen LogP contribution is 2.26. The molecular formula is C10H14N4. The molecule has 1 aromatic carbocycles. The number of nitrogens with one attached hydrogen (secondary N) is 1. The van der Waals surface area contributed by atoms with E-state index >= 15 is 0 Å². The first kappa shape index (κ1) is 8.87. The average molecular weight is 190 g/mol. The van der Waals surface area contributed by atoms with Gasteiger partial charge in [-0.1, -0.05) is 0 Å². The number of anilines is 2. The van der Waals surface area contributed by atoms with Crippen LogP contribution in [-0.4, -0.2) is 23.8 Å². The normalized spacial score (nSPS) is 10.7. The maximum atomic E-state index is 5.94. The molecule has 0 aliphatic heterocycles. The number of benzene rings is 1. The van der Waals surface area contributed by atoms with Gasteiger partial charge in [0.1, 0.15) is 0 Å². The smallest absolute Gasteiger partial charge is 0.0672 e. The van der Waals surface area contributed by atoms with Gasteiger partial charge in [-0.2, -0.15) is 5.10 Å². The summed E-state index contributed by atoms with van der Waals surface area (Å²) in [6.45, 7) is 3.03. The van der Waals surface area contributed by atoms with E-state index < -0.39 is 0 Å². The van der Waals surface area contributed by atoms with E-state index in [4.69, 9.17) is 5.73 Å². The summed E-state index contributed by atoms with van der Waals surface area (Å²) in [5, 5.41) is 7.96. The van der Waals surface area contributed by atoms with Crippen molar-refractivity contribution in [2.45, 2.75) is 6.92 Å². The van der Waals surface area contributed by atoms with Crippen LogP contribution in [0.15, 0.2) is 18.3 Å². The molecule has 1 heterocycles. The Bertz CT molecular complexity index is 446. The molecule has 4 nitrogen and oxygen atoms in total. The van der Waals surface area contributed by atoms with Crippen LogP contribution in [0.5, 0.6) is 0 Å². The fraction of sp³-hybridized carbons (Fsp3) is 0.300. The first-order valence-corrected chi connectivity index (χ1v) is 4.66. The summed E-state index contributed by atoms with van der Waals surface area (Å²) in [4.78, 5) is 2.11. The van der Waals surface area contributed by atoms with Gasteiger partial charge >= 0.3 is 0 Å². The van der Waals surface area contributed by atoms with E-state index in [1.165, 1.54) is 0 Å². The molecule has 0 atom stereocenters. The van der Waals surface area contributed by atoms with E-state index in [2.05, 4.69) is 22.0 Å². The SMILES string of the molecule is CCN(C)c1cc2[nH]ncc2cc1N. The Morgan fingerprint density at radius 2 is 2.29 bits per heavy atom. The number of rotatable bonds is 2. The third kappa shape index (κ3) is 1.28. The van der Waals surface area contributed by atoms with E-state index in [0.29, 0.717) is 0 Å². The maximum absolute atomic E-state index is 5.94. The van der Waals surface area contributed by atoms with Crippen LogP contribution in [0.1, 0.15) is 6.92 Å². The second-order valence-electron chi connectivity index (χ2n) is 3.38. The third-order valence-corrected chi connectivity index (χ3v) is 2.47. The molecule has 3 N–H and O–H groups in total. The lowest BCUT2D eigenvalue weighted by Gasteiger charge is -2.18. The molecule has 2 rings (SSSR count). The molecule has 0 unspecified atom stereocenters. The van der Waals surface area contributed by atoms with Crippen LogP contribution in [0.3, 0.4) is 0 Å². The molecule has 0 aliphatic rings. The van der Waals surface area contributed by atoms with Crippen molar-refractivity contribution in [2.75, 3.05) is 24.2 Å². The van der Waals surface area contributed by atoms with Gasteiger partial charge in [-0.25, -0.2) is 0 Å². The van der Waals surface area contributed by atoms with E-state index in [-0.39, 0.29) is 0 Å². The number of nitrogens with two attached hydrogens (primary N) is 1. The summed E-state index contributed by atoms with van der Waals surface area (Å²) in [5.74, 6) is 0.